The molecule has 0 saturated heterocycles. The molecular formula is C26H55N. The number of hydrogen-bond acceptors (Lipinski definition) is 1. The van der Waals surface area contributed by atoms with Gasteiger partial charge < -0.3 is 5.73 Å². The van der Waals surface area contributed by atoms with Gasteiger partial charge in [0.05, 0.1) is 0 Å². The van der Waals surface area contributed by atoms with Crippen molar-refractivity contribution in [3.8, 4) is 0 Å². The Morgan fingerprint density at radius 3 is 0.963 bits per heavy atom. The topological polar surface area (TPSA) is 26.0 Å². The van der Waals surface area contributed by atoms with Crippen molar-refractivity contribution in [3.05, 3.63) is 0 Å². The predicted octanol–water partition coefficient (Wildman–Crippen LogP) is 9.33. The van der Waals surface area contributed by atoms with E-state index >= 15 is 0 Å². The van der Waals surface area contributed by atoms with Crippen molar-refractivity contribution in [1.29, 1.82) is 0 Å². The first-order chi connectivity index (χ1) is 13.3. The maximum atomic E-state index is 6.07. The molecule has 1 heteroatoms. The van der Waals surface area contributed by atoms with E-state index in [0.29, 0.717) is 6.04 Å². The van der Waals surface area contributed by atoms with Crippen molar-refractivity contribution in [3.63, 3.8) is 0 Å². The molecular weight excluding hydrogens is 326 g/mol. The Bertz CT molecular complexity index is 251. The minimum atomic E-state index is 0.463. The molecule has 0 aromatic heterocycles. The summed E-state index contributed by atoms with van der Waals surface area (Å²) in [7, 11) is 0. The van der Waals surface area contributed by atoms with Crippen LogP contribution in [0.1, 0.15) is 162 Å². The van der Waals surface area contributed by atoms with E-state index in [-0.39, 0.29) is 0 Å². The third-order valence-corrected chi connectivity index (χ3v) is 6.09. The zero-order valence-corrected chi connectivity index (χ0v) is 19.4. The monoisotopic (exact) mass is 381 g/mol. The Morgan fingerprint density at radius 1 is 0.370 bits per heavy atom. The second-order valence-electron chi connectivity index (χ2n) is 9.05. The van der Waals surface area contributed by atoms with Gasteiger partial charge in [-0.25, -0.2) is 0 Å². The van der Waals surface area contributed by atoms with Crippen LogP contribution in [-0.2, 0) is 0 Å². The molecule has 0 aliphatic rings. The van der Waals surface area contributed by atoms with E-state index in [0.717, 1.165) is 0 Å². The van der Waals surface area contributed by atoms with Gasteiger partial charge in [0.1, 0.15) is 0 Å². The van der Waals surface area contributed by atoms with E-state index < -0.39 is 0 Å². The molecule has 0 aliphatic carbocycles. The summed E-state index contributed by atoms with van der Waals surface area (Å²) in [6.07, 6.45) is 32.8. The van der Waals surface area contributed by atoms with Crippen LogP contribution in [0.2, 0.25) is 0 Å². The van der Waals surface area contributed by atoms with Gasteiger partial charge in [0.25, 0.3) is 0 Å². The number of nitrogens with two attached hydrogens (primary N) is 1. The van der Waals surface area contributed by atoms with Gasteiger partial charge in [-0.2, -0.15) is 0 Å². The average Bonchev–Trinajstić information content (AvgIpc) is 2.66. The van der Waals surface area contributed by atoms with Gasteiger partial charge in [-0.3, -0.25) is 0 Å². The third kappa shape index (κ3) is 23.9. The first-order valence-corrected chi connectivity index (χ1v) is 13.1. The molecule has 0 spiro atoms. The normalized spacial score (nSPS) is 12.6. The lowest BCUT2D eigenvalue weighted by atomic mass is 10.0. The second-order valence-corrected chi connectivity index (χ2v) is 9.05. The quantitative estimate of drug-likeness (QED) is 0.175. The Balaban J connectivity index is 3.01. The van der Waals surface area contributed by atoms with Crippen LogP contribution in [0.3, 0.4) is 0 Å². The summed E-state index contributed by atoms with van der Waals surface area (Å²) in [5.74, 6) is 0. The Kier molecular flexibility index (Phi) is 24.0. The Hall–Kier alpha value is -0.0400. The molecule has 0 aliphatic heterocycles. The number of rotatable bonds is 23. The van der Waals surface area contributed by atoms with E-state index in [1.165, 1.54) is 148 Å². The van der Waals surface area contributed by atoms with Crippen LogP contribution in [0, 0.1) is 0 Å². The zero-order valence-electron chi connectivity index (χ0n) is 19.4. The molecule has 0 bridgehead atoms. The minimum absolute atomic E-state index is 0.463. The molecule has 0 heterocycles. The van der Waals surface area contributed by atoms with Crippen LogP contribution in [0.4, 0.5) is 0 Å². The molecule has 2 N–H and O–H groups in total. The largest absolute Gasteiger partial charge is 0.328 e. The summed E-state index contributed by atoms with van der Waals surface area (Å²) in [6, 6.07) is 0.463. The van der Waals surface area contributed by atoms with Crippen LogP contribution in [0.25, 0.3) is 0 Å². The van der Waals surface area contributed by atoms with Gasteiger partial charge in [0.15, 0.2) is 0 Å². The van der Waals surface area contributed by atoms with Crippen LogP contribution in [0.15, 0.2) is 0 Å². The van der Waals surface area contributed by atoms with E-state index in [2.05, 4.69) is 13.8 Å². The SMILES string of the molecule is CCCCCCCCCCCCCCCCCCCCCCC(N)CCC. The molecule has 0 radical (unpaired) electrons. The molecule has 0 aromatic carbocycles. The molecule has 0 fully saturated rings. The molecule has 0 aromatic rings. The Labute approximate surface area is 173 Å². The zero-order chi connectivity index (χ0) is 19.8. The van der Waals surface area contributed by atoms with Gasteiger partial charge in [-0.15, -0.1) is 0 Å². The molecule has 1 atom stereocenters. The van der Waals surface area contributed by atoms with Crippen molar-refractivity contribution in [2.75, 3.05) is 0 Å². The standard InChI is InChI=1S/C26H55N/c1-3-5-6-7-8-9-10-11-12-13-14-15-16-17-18-19-20-21-22-23-25-26(27)24-4-2/h26H,3-25,27H2,1-2H3. The minimum Gasteiger partial charge on any atom is -0.328 e. The van der Waals surface area contributed by atoms with E-state index in [4.69, 9.17) is 5.73 Å². The highest BCUT2D eigenvalue weighted by molar-refractivity contribution is 4.60. The van der Waals surface area contributed by atoms with Gasteiger partial charge in [0, 0.05) is 6.04 Å². The molecule has 0 saturated carbocycles. The molecule has 0 rings (SSSR count). The lowest BCUT2D eigenvalue weighted by Crippen LogP contribution is -2.18. The van der Waals surface area contributed by atoms with Gasteiger partial charge >= 0.3 is 0 Å². The van der Waals surface area contributed by atoms with Crippen LogP contribution < -0.4 is 5.73 Å². The summed E-state index contributed by atoms with van der Waals surface area (Å²) in [6.45, 7) is 4.53. The fourth-order valence-corrected chi connectivity index (χ4v) is 4.18. The molecule has 27 heavy (non-hydrogen) atoms. The lowest BCUT2D eigenvalue weighted by molar-refractivity contribution is 0.498. The summed E-state index contributed by atoms with van der Waals surface area (Å²) in [5.41, 5.74) is 6.07. The van der Waals surface area contributed by atoms with E-state index in [9.17, 15) is 0 Å². The average molecular weight is 382 g/mol. The maximum Gasteiger partial charge on any atom is 0.00387 e. The summed E-state index contributed by atoms with van der Waals surface area (Å²) in [5, 5.41) is 0. The van der Waals surface area contributed by atoms with Crippen molar-refractivity contribution < 1.29 is 0 Å². The smallest absolute Gasteiger partial charge is 0.00387 e. The van der Waals surface area contributed by atoms with Crippen LogP contribution in [-0.4, -0.2) is 6.04 Å². The first kappa shape index (κ1) is 27.0. The highest BCUT2D eigenvalue weighted by Crippen LogP contribution is 2.15. The van der Waals surface area contributed by atoms with E-state index in [1.807, 2.05) is 0 Å². The summed E-state index contributed by atoms with van der Waals surface area (Å²) < 4.78 is 0. The predicted molar refractivity (Wildman–Crippen MR) is 126 cm³/mol. The number of hydrogen-bond donors (Lipinski definition) is 1. The first-order valence-electron chi connectivity index (χ1n) is 13.1. The van der Waals surface area contributed by atoms with E-state index in [1.54, 1.807) is 0 Å². The fraction of sp³-hybridized carbons (Fsp3) is 1.00. The molecule has 1 nitrogen and oxygen atoms in total. The highest BCUT2D eigenvalue weighted by atomic mass is 14.6. The van der Waals surface area contributed by atoms with Crippen molar-refractivity contribution in [2.24, 2.45) is 5.73 Å². The van der Waals surface area contributed by atoms with Gasteiger partial charge in [-0.05, 0) is 12.8 Å². The molecule has 164 valence electrons. The lowest BCUT2D eigenvalue weighted by Gasteiger charge is -2.09. The Morgan fingerprint density at radius 2 is 0.667 bits per heavy atom. The summed E-state index contributed by atoms with van der Waals surface area (Å²) >= 11 is 0. The second kappa shape index (κ2) is 24.0. The summed E-state index contributed by atoms with van der Waals surface area (Å²) in [4.78, 5) is 0. The van der Waals surface area contributed by atoms with Crippen molar-refractivity contribution in [2.45, 2.75) is 168 Å². The third-order valence-electron chi connectivity index (χ3n) is 6.09. The fourth-order valence-electron chi connectivity index (χ4n) is 4.18. The van der Waals surface area contributed by atoms with Crippen LogP contribution >= 0.6 is 0 Å². The molecule has 0 amide bonds. The number of unbranched alkanes of at least 4 members (excludes halogenated alkanes) is 19. The van der Waals surface area contributed by atoms with Crippen LogP contribution in [0.5, 0.6) is 0 Å². The van der Waals surface area contributed by atoms with Gasteiger partial charge in [0.2, 0.25) is 0 Å². The highest BCUT2D eigenvalue weighted by Gasteiger charge is 2.00. The molecule has 1 unspecified atom stereocenters. The van der Waals surface area contributed by atoms with Crippen molar-refractivity contribution >= 4 is 0 Å². The maximum absolute atomic E-state index is 6.07. The van der Waals surface area contributed by atoms with Gasteiger partial charge in [-0.1, -0.05) is 149 Å². The van der Waals surface area contributed by atoms with Crippen molar-refractivity contribution in [1.82, 2.24) is 0 Å².